The van der Waals surface area contributed by atoms with Gasteiger partial charge in [0, 0.05) is 37.6 Å². The average molecular weight is 412 g/mol. The lowest BCUT2D eigenvalue weighted by Crippen LogP contribution is -2.47. The zero-order valence-electron chi connectivity index (χ0n) is 15.3. The third-order valence-electron chi connectivity index (χ3n) is 5.22. The minimum absolute atomic E-state index is 0.0485. The molecule has 1 aliphatic rings. The molecule has 1 saturated heterocycles. The molecular formula is C20H21N5OS2. The first kappa shape index (κ1) is 17.8. The lowest BCUT2D eigenvalue weighted by Gasteiger charge is -2.38. The fraction of sp³-hybridized carbons (Fsp3) is 0.300. The maximum atomic E-state index is 10.8. The molecule has 1 aromatic carbocycles. The molecule has 1 fully saturated rings. The van der Waals surface area contributed by atoms with Crippen LogP contribution in [0.3, 0.4) is 0 Å². The van der Waals surface area contributed by atoms with E-state index in [1.54, 1.807) is 11.3 Å². The Hall–Kier alpha value is -2.26. The van der Waals surface area contributed by atoms with Gasteiger partial charge in [0.2, 0.25) is 10.8 Å². The Labute approximate surface area is 171 Å². The summed E-state index contributed by atoms with van der Waals surface area (Å²) in [7, 11) is 0. The minimum atomic E-state index is 0.0485. The van der Waals surface area contributed by atoms with Gasteiger partial charge in [-0.05, 0) is 17.0 Å². The molecule has 0 aliphatic carbocycles. The highest BCUT2D eigenvalue weighted by molar-refractivity contribution is 7.17. The number of rotatable bonds is 5. The topological polar surface area (TPSA) is 56.9 Å². The molecule has 28 heavy (non-hydrogen) atoms. The zero-order chi connectivity index (χ0) is 18.9. The number of benzene rings is 1. The first-order chi connectivity index (χ1) is 13.8. The molecule has 0 saturated carbocycles. The van der Waals surface area contributed by atoms with Gasteiger partial charge in [-0.2, -0.15) is 9.61 Å². The molecule has 5 rings (SSSR count). The van der Waals surface area contributed by atoms with E-state index in [9.17, 15) is 5.11 Å². The van der Waals surface area contributed by atoms with Crippen LogP contribution in [0.4, 0.5) is 0 Å². The van der Waals surface area contributed by atoms with Crippen LogP contribution in [0.1, 0.15) is 21.4 Å². The van der Waals surface area contributed by atoms with Crippen molar-refractivity contribution in [2.45, 2.75) is 12.6 Å². The molecule has 0 radical (unpaired) electrons. The van der Waals surface area contributed by atoms with Crippen LogP contribution < -0.4 is 0 Å². The van der Waals surface area contributed by atoms with Crippen LogP contribution in [0, 0.1) is 0 Å². The maximum Gasteiger partial charge on any atom is 0.230 e. The molecule has 4 aromatic rings. The lowest BCUT2D eigenvalue weighted by molar-refractivity contribution is 0.106. The molecule has 1 N–H and O–H groups in total. The highest BCUT2D eigenvalue weighted by Crippen LogP contribution is 2.41. The number of hydrogen-bond donors (Lipinski definition) is 1. The van der Waals surface area contributed by atoms with Gasteiger partial charge in [0.1, 0.15) is 6.33 Å². The second kappa shape index (κ2) is 7.63. The zero-order valence-corrected chi connectivity index (χ0v) is 16.9. The van der Waals surface area contributed by atoms with Crippen molar-refractivity contribution in [3.05, 3.63) is 69.5 Å². The van der Waals surface area contributed by atoms with Crippen molar-refractivity contribution in [3.8, 4) is 5.88 Å². The molecular weight excluding hydrogens is 390 g/mol. The van der Waals surface area contributed by atoms with Crippen molar-refractivity contribution in [1.29, 1.82) is 0 Å². The minimum Gasteiger partial charge on any atom is -0.492 e. The number of aromatic nitrogens is 3. The SMILES string of the molecule is Oc1c([C@H](c2cccs2)N2CCN(Cc3ccccc3)CC2)sc2ncnn12. The van der Waals surface area contributed by atoms with E-state index in [1.165, 1.54) is 32.6 Å². The second-order valence-electron chi connectivity index (χ2n) is 6.96. The maximum absolute atomic E-state index is 10.8. The predicted octanol–water partition coefficient (Wildman–Crippen LogP) is 3.47. The molecule has 4 heterocycles. The van der Waals surface area contributed by atoms with Gasteiger partial charge in [0.15, 0.2) is 0 Å². The molecule has 3 aromatic heterocycles. The number of nitrogens with zero attached hydrogens (tertiary/aromatic N) is 5. The first-order valence-electron chi connectivity index (χ1n) is 9.35. The standard InChI is InChI=1S/C20H21N5OS2/c26-19-18(28-20-21-14-22-25(19)20)17(16-7-4-12-27-16)24-10-8-23(9-11-24)13-15-5-2-1-3-6-15/h1-7,12,14,17,26H,8-11,13H2/t17-/m0/s1. The van der Waals surface area contributed by atoms with Crippen molar-refractivity contribution >= 4 is 27.6 Å². The molecule has 8 heteroatoms. The van der Waals surface area contributed by atoms with Gasteiger partial charge in [-0.1, -0.05) is 47.7 Å². The quantitative estimate of drug-likeness (QED) is 0.545. The van der Waals surface area contributed by atoms with E-state index in [0.29, 0.717) is 0 Å². The van der Waals surface area contributed by atoms with E-state index in [0.717, 1.165) is 42.6 Å². The number of thiazole rings is 1. The predicted molar refractivity (Wildman–Crippen MR) is 112 cm³/mol. The van der Waals surface area contributed by atoms with Crippen LogP contribution >= 0.6 is 22.7 Å². The van der Waals surface area contributed by atoms with Crippen LogP contribution in [0.2, 0.25) is 0 Å². The van der Waals surface area contributed by atoms with Crippen molar-refractivity contribution in [2.24, 2.45) is 0 Å². The number of aromatic hydroxyl groups is 1. The molecule has 0 bridgehead atoms. The highest BCUT2D eigenvalue weighted by Gasteiger charge is 2.32. The summed E-state index contributed by atoms with van der Waals surface area (Å²) in [5, 5.41) is 17.0. The van der Waals surface area contributed by atoms with E-state index in [4.69, 9.17) is 0 Å². The van der Waals surface area contributed by atoms with Gasteiger partial charge in [0.25, 0.3) is 0 Å². The lowest BCUT2D eigenvalue weighted by atomic mass is 10.1. The summed E-state index contributed by atoms with van der Waals surface area (Å²) in [6, 6.07) is 14.9. The fourth-order valence-corrected chi connectivity index (χ4v) is 5.84. The Balaban J connectivity index is 1.37. The number of fused-ring (bicyclic) bond motifs is 1. The third-order valence-corrected chi connectivity index (χ3v) is 7.23. The van der Waals surface area contributed by atoms with E-state index in [1.807, 2.05) is 0 Å². The normalized spacial score (nSPS) is 17.3. The van der Waals surface area contributed by atoms with Gasteiger partial charge in [-0.15, -0.1) is 11.3 Å². The Kier molecular flexibility index (Phi) is 4.86. The van der Waals surface area contributed by atoms with Gasteiger partial charge in [-0.3, -0.25) is 9.80 Å². The van der Waals surface area contributed by atoms with Crippen molar-refractivity contribution in [1.82, 2.24) is 24.4 Å². The molecule has 144 valence electrons. The summed E-state index contributed by atoms with van der Waals surface area (Å²) in [5.41, 5.74) is 1.36. The first-order valence-corrected chi connectivity index (χ1v) is 11.0. The largest absolute Gasteiger partial charge is 0.492 e. The molecule has 1 aliphatic heterocycles. The number of piperazine rings is 1. The summed E-state index contributed by atoms with van der Waals surface area (Å²) in [5.74, 6) is 0.211. The molecule has 0 amide bonds. The monoisotopic (exact) mass is 411 g/mol. The van der Waals surface area contributed by atoms with Crippen LogP contribution in [-0.2, 0) is 6.54 Å². The Morgan fingerprint density at radius 1 is 1.04 bits per heavy atom. The van der Waals surface area contributed by atoms with Crippen molar-refractivity contribution in [2.75, 3.05) is 26.2 Å². The summed E-state index contributed by atoms with van der Waals surface area (Å²) < 4.78 is 1.53. The van der Waals surface area contributed by atoms with Crippen molar-refractivity contribution < 1.29 is 5.11 Å². The smallest absolute Gasteiger partial charge is 0.230 e. The summed E-state index contributed by atoms with van der Waals surface area (Å²) in [6.45, 7) is 4.93. The van der Waals surface area contributed by atoms with Gasteiger partial charge in [-0.25, -0.2) is 4.98 Å². The average Bonchev–Trinajstić information content (AvgIpc) is 3.46. The Morgan fingerprint density at radius 2 is 1.86 bits per heavy atom. The number of hydrogen-bond acceptors (Lipinski definition) is 7. The summed E-state index contributed by atoms with van der Waals surface area (Å²) >= 11 is 3.26. The van der Waals surface area contributed by atoms with Crippen LogP contribution in [0.25, 0.3) is 4.96 Å². The van der Waals surface area contributed by atoms with Crippen LogP contribution in [-0.4, -0.2) is 55.7 Å². The highest BCUT2D eigenvalue weighted by atomic mass is 32.1. The van der Waals surface area contributed by atoms with Crippen LogP contribution in [0.15, 0.2) is 54.2 Å². The third kappa shape index (κ3) is 3.33. The van der Waals surface area contributed by atoms with E-state index in [2.05, 4.69) is 67.7 Å². The van der Waals surface area contributed by atoms with E-state index in [-0.39, 0.29) is 11.9 Å². The molecule has 6 nitrogen and oxygen atoms in total. The van der Waals surface area contributed by atoms with Crippen LogP contribution in [0.5, 0.6) is 5.88 Å². The van der Waals surface area contributed by atoms with E-state index >= 15 is 0 Å². The van der Waals surface area contributed by atoms with Gasteiger partial charge in [0.05, 0.1) is 10.9 Å². The van der Waals surface area contributed by atoms with E-state index < -0.39 is 0 Å². The molecule has 0 unspecified atom stereocenters. The fourth-order valence-electron chi connectivity index (χ4n) is 3.82. The number of thiophene rings is 1. The summed E-state index contributed by atoms with van der Waals surface area (Å²) in [6.07, 6.45) is 1.48. The Bertz CT molecular complexity index is 1040. The van der Waals surface area contributed by atoms with Gasteiger partial charge < -0.3 is 5.11 Å². The van der Waals surface area contributed by atoms with Crippen molar-refractivity contribution in [3.63, 3.8) is 0 Å². The van der Waals surface area contributed by atoms with Gasteiger partial charge >= 0.3 is 0 Å². The summed E-state index contributed by atoms with van der Waals surface area (Å²) in [4.78, 5) is 12.1. The Morgan fingerprint density at radius 3 is 2.57 bits per heavy atom. The second-order valence-corrected chi connectivity index (χ2v) is 8.95. The molecule has 0 spiro atoms. The molecule has 1 atom stereocenters.